The Morgan fingerprint density at radius 3 is 2.55 bits per heavy atom. The summed E-state index contributed by atoms with van der Waals surface area (Å²) in [5, 5.41) is 2.97. The fourth-order valence-electron chi connectivity index (χ4n) is 2.06. The molecule has 0 aliphatic rings. The molecule has 3 nitrogen and oxygen atoms in total. The van der Waals surface area contributed by atoms with E-state index < -0.39 is 6.10 Å². The molecule has 0 saturated carbocycles. The van der Waals surface area contributed by atoms with Crippen LogP contribution in [-0.4, -0.2) is 12.0 Å². The van der Waals surface area contributed by atoms with Crippen LogP contribution in [0.25, 0.3) is 0 Å². The van der Waals surface area contributed by atoms with Gasteiger partial charge in [0.15, 0.2) is 0 Å². The third-order valence-electron chi connectivity index (χ3n) is 3.42. The van der Waals surface area contributed by atoms with Crippen LogP contribution < -0.4 is 5.32 Å². The summed E-state index contributed by atoms with van der Waals surface area (Å²) in [6.07, 6.45) is -0.491. The van der Waals surface area contributed by atoms with Gasteiger partial charge >= 0.3 is 0 Å². The summed E-state index contributed by atoms with van der Waals surface area (Å²) in [6, 6.07) is 17.7. The first kappa shape index (κ1) is 16.7. The molecule has 0 aromatic heterocycles. The Morgan fingerprint density at radius 2 is 1.86 bits per heavy atom. The molecule has 22 heavy (non-hydrogen) atoms. The van der Waals surface area contributed by atoms with Crippen LogP contribution in [0.1, 0.15) is 31.0 Å². The average Bonchev–Trinajstić information content (AvgIpc) is 2.53. The van der Waals surface area contributed by atoms with Crippen molar-refractivity contribution in [2.45, 2.75) is 32.6 Å². The zero-order chi connectivity index (χ0) is 15.9. The van der Waals surface area contributed by atoms with E-state index in [2.05, 4.69) is 21.2 Å². The number of nitrogens with one attached hydrogen (secondary N) is 1. The first-order valence-electron chi connectivity index (χ1n) is 7.27. The molecule has 2 aromatic carbocycles. The molecule has 0 fully saturated rings. The van der Waals surface area contributed by atoms with Gasteiger partial charge in [-0.3, -0.25) is 4.79 Å². The van der Waals surface area contributed by atoms with Gasteiger partial charge in [0.2, 0.25) is 5.91 Å². The third kappa shape index (κ3) is 4.97. The minimum absolute atomic E-state index is 0.0622. The highest BCUT2D eigenvalue weighted by molar-refractivity contribution is 9.10. The maximum absolute atomic E-state index is 12.2. The van der Waals surface area contributed by atoms with Crippen LogP contribution in [0.4, 0.5) is 0 Å². The van der Waals surface area contributed by atoms with Crippen molar-refractivity contribution in [3.8, 4) is 0 Å². The highest BCUT2D eigenvalue weighted by atomic mass is 79.9. The Kier molecular flexibility index (Phi) is 6.16. The predicted molar refractivity (Wildman–Crippen MR) is 91.4 cm³/mol. The normalized spacial score (nSPS) is 13.4. The number of amides is 1. The van der Waals surface area contributed by atoms with Gasteiger partial charge < -0.3 is 10.1 Å². The highest BCUT2D eigenvalue weighted by Gasteiger charge is 2.16. The maximum Gasteiger partial charge on any atom is 0.249 e. The SMILES string of the molecule is CC(OCc1ccccc1)C(=O)NC(C)c1cccc(Br)c1. The lowest BCUT2D eigenvalue weighted by Gasteiger charge is -2.18. The smallest absolute Gasteiger partial charge is 0.249 e. The summed E-state index contributed by atoms with van der Waals surface area (Å²) in [6.45, 7) is 4.16. The molecule has 1 amide bonds. The molecule has 116 valence electrons. The minimum Gasteiger partial charge on any atom is -0.364 e. The lowest BCUT2D eigenvalue weighted by Crippen LogP contribution is -2.36. The average molecular weight is 362 g/mol. The van der Waals surface area contributed by atoms with E-state index >= 15 is 0 Å². The van der Waals surface area contributed by atoms with E-state index in [1.165, 1.54) is 0 Å². The second kappa shape index (κ2) is 8.11. The molecule has 0 heterocycles. The van der Waals surface area contributed by atoms with Crippen molar-refractivity contribution in [1.82, 2.24) is 5.32 Å². The Morgan fingerprint density at radius 1 is 1.14 bits per heavy atom. The van der Waals surface area contributed by atoms with Crippen LogP contribution in [0.15, 0.2) is 59.1 Å². The van der Waals surface area contributed by atoms with Crippen molar-refractivity contribution >= 4 is 21.8 Å². The van der Waals surface area contributed by atoms with Gasteiger partial charge in [-0.25, -0.2) is 0 Å². The molecule has 0 radical (unpaired) electrons. The lowest BCUT2D eigenvalue weighted by molar-refractivity contribution is -0.133. The molecule has 0 aliphatic carbocycles. The maximum atomic E-state index is 12.2. The van der Waals surface area contributed by atoms with Crippen LogP contribution in [0.2, 0.25) is 0 Å². The molecule has 0 aliphatic heterocycles. The minimum atomic E-state index is -0.491. The Balaban J connectivity index is 1.85. The van der Waals surface area contributed by atoms with E-state index in [1.54, 1.807) is 6.92 Å². The van der Waals surface area contributed by atoms with Crippen LogP contribution >= 0.6 is 15.9 Å². The quantitative estimate of drug-likeness (QED) is 0.835. The standard InChI is InChI=1S/C18H20BrNO2/c1-13(16-9-6-10-17(19)11-16)20-18(21)14(2)22-12-15-7-4-3-5-8-15/h3-11,13-14H,12H2,1-2H3,(H,20,21). The molecule has 0 spiro atoms. The van der Waals surface area contributed by atoms with Crippen molar-refractivity contribution in [3.05, 3.63) is 70.2 Å². The lowest BCUT2D eigenvalue weighted by atomic mass is 10.1. The van der Waals surface area contributed by atoms with Gasteiger partial charge in [-0.1, -0.05) is 58.4 Å². The Bertz CT molecular complexity index is 615. The molecular formula is C18H20BrNO2. The van der Waals surface area contributed by atoms with Crippen LogP contribution in [0, 0.1) is 0 Å². The molecule has 1 N–H and O–H groups in total. The van der Waals surface area contributed by atoms with Crippen molar-refractivity contribution in [3.63, 3.8) is 0 Å². The molecule has 2 aromatic rings. The van der Waals surface area contributed by atoms with Crippen molar-refractivity contribution in [2.24, 2.45) is 0 Å². The number of hydrogen-bond acceptors (Lipinski definition) is 2. The van der Waals surface area contributed by atoms with E-state index in [-0.39, 0.29) is 11.9 Å². The van der Waals surface area contributed by atoms with Gasteiger partial charge in [0.1, 0.15) is 6.10 Å². The third-order valence-corrected chi connectivity index (χ3v) is 3.91. The van der Waals surface area contributed by atoms with Gasteiger partial charge in [0.05, 0.1) is 12.6 Å². The van der Waals surface area contributed by atoms with E-state index in [9.17, 15) is 4.79 Å². The molecule has 0 saturated heterocycles. The van der Waals surface area contributed by atoms with Crippen molar-refractivity contribution in [1.29, 1.82) is 0 Å². The number of halogens is 1. The number of rotatable bonds is 6. The Labute approximate surface area is 139 Å². The zero-order valence-electron chi connectivity index (χ0n) is 12.8. The summed E-state index contributed by atoms with van der Waals surface area (Å²) in [4.78, 5) is 12.2. The monoisotopic (exact) mass is 361 g/mol. The van der Waals surface area contributed by atoms with E-state index in [4.69, 9.17) is 4.74 Å². The van der Waals surface area contributed by atoms with E-state index in [0.717, 1.165) is 15.6 Å². The van der Waals surface area contributed by atoms with Crippen LogP contribution in [0.5, 0.6) is 0 Å². The summed E-state index contributed by atoms with van der Waals surface area (Å²) >= 11 is 3.44. The van der Waals surface area contributed by atoms with Gasteiger partial charge in [-0.2, -0.15) is 0 Å². The molecular weight excluding hydrogens is 342 g/mol. The zero-order valence-corrected chi connectivity index (χ0v) is 14.3. The molecule has 2 atom stereocenters. The number of ether oxygens (including phenoxy) is 1. The number of hydrogen-bond donors (Lipinski definition) is 1. The fraction of sp³-hybridized carbons (Fsp3) is 0.278. The molecule has 2 unspecified atom stereocenters. The first-order valence-corrected chi connectivity index (χ1v) is 8.07. The summed E-state index contributed by atoms with van der Waals surface area (Å²) < 4.78 is 6.63. The predicted octanol–water partition coefficient (Wildman–Crippen LogP) is 4.23. The molecule has 4 heteroatoms. The largest absolute Gasteiger partial charge is 0.364 e. The van der Waals surface area contributed by atoms with Crippen LogP contribution in [-0.2, 0) is 16.1 Å². The molecule has 2 rings (SSSR count). The van der Waals surface area contributed by atoms with Gasteiger partial charge in [0.25, 0.3) is 0 Å². The van der Waals surface area contributed by atoms with Gasteiger partial charge in [0, 0.05) is 4.47 Å². The fourth-order valence-corrected chi connectivity index (χ4v) is 2.48. The molecule has 0 bridgehead atoms. The van der Waals surface area contributed by atoms with Crippen molar-refractivity contribution in [2.75, 3.05) is 0 Å². The highest BCUT2D eigenvalue weighted by Crippen LogP contribution is 2.18. The van der Waals surface area contributed by atoms with Gasteiger partial charge in [-0.15, -0.1) is 0 Å². The van der Waals surface area contributed by atoms with Crippen LogP contribution in [0.3, 0.4) is 0 Å². The van der Waals surface area contributed by atoms with E-state index in [0.29, 0.717) is 6.61 Å². The summed E-state index contributed by atoms with van der Waals surface area (Å²) in [5.74, 6) is -0.108. The first-order chi connectivity index (χ1) is 10.6. The van der Waals surface area contributed by atoms with Gasteiger partial charge in [-0.05, 0) is 37.1 Å². The van der Waals surface area contributed by atoms with E-state index in [1.807, 2.05) is 61.5 Å². The summed E-state index contributed by atoms with van der Waals surface area (Å²) in [5.41, 5.74) is 2.11. The summed E-state index contributed by atoms with van der Waals surface area (Å²) in [7, 11) is 0. The number of carbonyl (C=O) groups excluding carboxylic acids is 1. The Hall–Kier alpha value is -1.65. The topological polar surface area (TPSA) is 38.3 Å². The van der Waals surface area contributed by atoms with Crippen molar-refractivity contribution < 1.29 is 9.53 Å². The number of benzene rings is 2. The second-order valence-corrected chi connectivity index (χ2v) is 6.14. The number of carbonyl (C=O) groups is 1. The second-order valence-electron chi connectivity index (χ2n) is 5.22.